The van der Waals surface area contributed by atoms with Crippen LogP contribution in [0.25, 0.3) is 11.0 Å². The average molecular weight is 324 g/mol. The van der Waals surface area contributed by atoms with Crippen LogP contribution >= 0.6 is 0 Å². The van der Waals surface area contributed by atoms with Gasteiger partial charge >= 0.3 is 5.69 Å². The first-order chi connectivity index (χ1) is 10.3. The summed E-state index contributed by atoms with van der Waals surface area (Å²) in [5.74, 6) is 0.338. The highest BCUT2D eigenvalue weighted by atomic mass is 32.2. The van der Waals surface area contributed by atoms with Crippen molar-refractivity contribution in [2.24, 2.45) is 25.7 Å². The zero-order chi connectivity index (χ0) is 16.1. The van der Waals surface area contributed by atoms with Gasteiger partial charge in [0.2, 0.25) is 10.0 Å². The summed E-state index contributed by atoms with van der Waals surface area (Å²) in [6, 6.07) is 4.48. The van der Waals surface area contributed by atoms with Crippen LogP contribution in [-0.4, -0.2) is 30.1 Å². The fraction of sp³-hybridized carbons (Fsp3) is 0.500. The lowest BCUT2D eigenvalue weighted by molar-refractivity contribution is 0.519. The lowest BCUT2D eigenvalue weighted by Gasteiger charge is -2.16. The fourth-order valence-corrected chi connectivity index (χ4v) is 4.09. The van der Waals surface area contributed by atoms with Crippen molar-refractivity contribution in [3.63, 3.8) is 0 Å². The van der Waals surface area contributed by atoms with Crippen LogP contribution in [0.2, 0.25) is 0 Å². The lowest BCUT2D eigenvalue weighted by Crippen LogP contribution is -2.41. The van der Waals surface area contributed by atoms with Gasteiger partial charge in [0.1, 0.15) is 0 Å². The Hall–Kier alpha value is -1.64. The summed E-state index contributed by atoms with van der Waals surface area (Å²) in [6.45, 7) is 0.288. The number of aryl methyl sites for hydroxylation is 2. The summed E-state index contributed by atoms with van der Waals surface area (Å²) in [7, 11) is -0.355. The first kappa shape index (κ1) is 15.3. The Bertz CT molecular complexity index is 877. The van der Waals surface area contributed by atoms with E-state index in [1.165, 1.54) is 21.3 Å². The second-order valence-electron chi connectivity index (χ2n) is 5.85. The van der Waals surface area contributed by atoms with Crippen molar-refractivity contribution in [3.8, 4) is 0 Å². The Balaban J connectivity index is 2.01. The van der Waals surface area contributed by atoms with Crippen molar-refractivity contribution < 1.29 is 8.42 Å². The largest absolute Gasteiger partial charge is 0.329 e. The van der Waals surface area contributed by atoms with Crippen LogP contribution < -0.4 is 16.1 Å². The third-order valence-corrected chi connectivity index (χ3v) is 5.79. The van der Waals surface area contributed by atoms with Crippen LogP contribution in [-0.2, 0) is 24.1 Å². The van der Waals surface area contributed by atoms with E-state index in [2.05, 4.69) is 4.72 Å². The fourth-order valence-electron chi connectivity index (χ4n) is 2.76. The van der Waals surface area contributed by atoms with Crippen LogP contribution in [0.15, 0.2) is 27.9 Å². The van der Waals surface area contributed by atoms with Crippen molar-refractivity contribution in [2.45, 2.75) is 23.8 Å². The quantitative estimate of drug-likeness (QED) is 0.802. The predicted octanol–water partition coefficient (Wildman–Crippen LogP) is -0.107. The number of imidazole rings is 1. The molecular weight excluding hydrogens is 304 g/mol. The standard InChI is InChI=1S/C14H20N4O3S/c1-17-12-6-5-10(7-13(12)18(2)14(17)19)22(20,21)16-11(8-15)9-3-4-9/h5-7,9,11,16H,3-4,8,15H2,1-2H3. The van der Waals surface area contributed by atoms with Gasteiger partial charge in [-0.1, -0.05) is 0 Å². The number of sulfonamides is 1. The molecule has 8 heteroatoms. The van der Waals surface area contributed by atoms with Gasteiger partial charge in [0.05, 0.1) is 15.9 Å². The molecule has 1 unspecified atom stereocenters. The lowest BCUT2D eigenvalue weighted by atomic mass is 10.2. The molecule has 1 aliphatic rings. The Kier molecular flexibility index (Phi) is 3.62. The Morgan fingerprint density at radius 1 is 1.27 bits per heavy atom. The molecule has 3 rings (SSSR count). The number of benzene rings is 1. The van der Waals surface area contributed by atoms with Crippen LogP contribution in [0.1, 0.15) is 12.8 Å². The molecule has 1 aliphatic carbocycles. The molecule has 2 aromatic rings. The van der Waals surface area contributed by atoms with E-state index in [1.54, 1.807) is 20.2 Å². The molecule has 3 N–H and O–H groups in total. The van der Waals surface area contributed by atoms with Gasteiger partial charge in [-0.3, -0.25) is 9.13 Å². The molecule has 22 heavy (non-hydrogen) atoms. The number of hydrogen-bond donors (Lipinski definition) is 2. The van der Waals surface area contributed by atoms with Gasteiger partial charge in [0.25, 0.3) is 0 Å². The number of nitrogens with two attached hydrogens (primary N) is 1. The van der Waals surface area contributed by atoms with Crippen molar-refractivity contribution in [2.75, 3.05) is 6.54 Å². The van der Waals surface area contributed by atoms with Crippen LogP contribution in [0.4, 0.5) is 0 Å². The van der Waals surface area contributed by atoms with Crippen molar-refractivity contribution in [1.82, 2.24) is 13.9 Å². The minimum absolute atomic E-state index is 0.153. The van der Waals surface area contributed by atoms with E-state index in [0.29, 0.717) is 17.0 Å². The van der Waals surface area contributed by atoms with Crippen LogP contribution in [0.5, 0.6) is 0 Å². The first-order valence-electron chi connectivity index (χ1n) is 7.23. The summed E-state index contributed by atoms with van der Waals surface area (Å²) in [5.41, 5.74) is 6.76. The molecule has 1 saturated carbocycles. The van der Waals surface area contributed by atoms with E-state index in [1.807, 2.05) is 0 Å². The number of aromatic nitrogens is 2. The highest BCUT2D eigenvalue weighted by Crippen LogP contribution is 2.33. The predicted molar refractivity (Wildman–Crippen MR) is 84.0 cm³/mol. The molecule has 7 nitrogen and oxygen atoms in total. The monoisotopic (exact) mass is 324 g/mol. The zero-order valence-electron chi connectivity index (χ0n) is 12.6. The van der Waals surface area contributed by atoms with Gasteiger partial charge in [-0.25, -0.2) is 17.9 Å². The molecule has 0 saturated heterocycles. The maximum absolute atomic E-state index is 12.5. The van der Waals surface area contributed by atoms with Gasteiger partial charge in [-0.15, -0.1) is 0 Å². The molecule has 1 aromatic heterocycles. The van der Waals surface area contributed by atoms with Gasteiger partial charge in [-0.05, 0) is 37.0 Å². The summed E-state index contributed by atoms with van der Waals surface area (Å²) in [4.78, 5) is 12.1. The molecule has 0 aliphatic heterocycles. The zero-order valence-corrected chi connectivity index (χ0v) is 13.4. The minimum Gasteiger partial charge on any atom is -0.329 e. The second kappa shape index (κ2) is 5.22. The Labute approximate surface area is 128 Å². The normalized spacial score (nSPS) is 17.0. The average Bonchev–Trinajstić information content (AvgIpc) is 3.31. The molecule has 0 amide bonds. The molecule has 0 spiro atoms. The van der Waals surface area contributed by atoms with E-state index in [0.717, 1.165) is 12.8 Å². The highest BCUT2D eigenvalue weighted by molar-refractivity contribution is 7.89. The first-order valence-corrected chi connectivity index (χ1v) is 8.71. The van der Waals surface area contributed by atoms with Crippen LogP contribution in [0.3, 0.4) is 0 Å². The smallest absolute Gasteiger partial charge is 0.328 e. The highest BCUT2D eigenvalue weighted by Gasteiger charge is 2.33. The second-order valence-corrected chi connectivity index (χ2v) is 7.57. The molecule has 120 valence electrons. The van der Waals surface area contributed by atoms with Crippen molar-refractivity contribution in [1.29, 1.82) is 0 Å². The maximum atomic E-state index is 12.5. The minimum atomic E-state index is -3.64. The molecule has 0 bridgehead atoms. The Morgan fingerprint density at radius 2 is 1.91 bits per heavy atom. The van der Waals surface area contributed by atoms with E-state index in [9.17, 15) is 13.2 Å². The molecule has 1 heterocycles. The third-order valence-electron chi connectivity index (χ3n) is 4.31. The van der Waals surface area contributed by atoms with Gasteiger partial charge in [-0.2, -0.15) is 0 Å². The number of nitrogens with zero attached hydrogens (tertiary/aromatic N) is 2. The summed E-state index contributed by atoms with van der Waals surface area (Å²) in [6.07, 6.45) is 2.02. The Morgan fingerprint density at radius 3 is 2.50 bits per heavy atom. The van der Waals surface area contributed by atoms with E-state index in [4.69, 9.17) is 5.73 Å². The molecule has 1 atom stereocenters. The maximum Gasteiger partial charge on any atom is 0.328 e. The van der Waals surface area contributed by atoms with E-state index in [-0.39, 0.29) is 23.2 Å². The third kappa shape index (κ3) is 2.47. The van der Waals surface area contributed by atoms with Crippen molar-refractivity contribution in [3.05, 3.63) is 28.7 Å². The summed E-state index contributed by atoms with van der Waals surface area (Å²) in [5, 5.41) is 0. The topological polar surface area (TPSA) is 99.1 Å². The van der Waals surface area contributed by atoms with Gasteiger partial charge in [0, 0.05) is 26.7 Å². The number of hydrogen-bond acceptors (Lipinski definition) is 4. The number of nitrogens with one attached hydrogen (secondary N) is 1. The number of rotatable bonds is 5. The molecule has 1 aromatic carbocycles. The van der Waals surface area contributed by atoms with E-state index >= 15 is 0 Å². The van der Waals surface area contributed by atoms with Gasteiger partial charge in [0.15, 0.2) is 0 Å². The molecule has 1 fully saturated rings. The summed E-state index contributed by atoms with van der Waals surface area (Å²) >= 11 is 0. The number of fused-ring (bicyclic) bond motifs is 1. The molecular formula is C14H20N4O3S. The van der Waals surface area contributed by atoms with Crippen molar-refractivity contribution >= 4 is 21.1 Å². The summed E-state index contributed by atoms with van der Waals surface area (Å²) < 4.78 is 30.7. The van der Waals surface area contributed by atoms with E-state index < -0.39 is 10.0 Å². The van der Waals surface area contributed by atoms with Crippen LogP contribution in [0, 0.1) is 5.92 Å². The molecule has 0 radical (unpaired) electrons. The van der Waals surface area contributed by atoms with Gasteiger partial charge < -0.3 is 5.73 Å². The SMILES string of the molecule is Cn1c(=O)n(C)c2cc(S(=O)(=O)NC(CN)C3CC3)ccc21.